The van der Waals surface area contributed by atoms with Crippen LogP contribution in [0.3, 0.4) is 0 Å². The zero-order chi connectivity index (χ0) is 6.20. The molecule has 3 nitrogen and oxygen atoms in total. The van der Waals surface area contributed by atoms with E-state index in [0.717, 1.165) is 19.5 Å². The lowest BCUT2D eigenvalue weighted by Gasteiger charge is -2.36. The van der Waals surface area contributed by atoms with Crippen LogP contribution in [0.4, 0.5) is 4.79 Å². The van der Waals surface area contributed by atoms with Crippen LogP contribution in [0.25, 0.3) is 0 Å². The van der Waals surface area contributed by atoms with E-state index in [0.29, 0.717) is 4.48 Å². The first kappa shape index (κ1) is 5.56. The third kappa shape index (κ3) is 0.591. The number of nitrogens with two attached hydrogens (primary N) is 1. The number of urea groups is 1. The number of carbonyl (C=O) groups excluding carboxylic acids is 1. The molecule has 0 radical (unpaired) electrons. The van der Waals surface area contributed by atoms with Crippen molar-refractivity contribution < 1.29 is 9.28 Å². The van der Waals surface area contributed by atoms with E-state index < -0.39 is 0 Å². The summed E-state index contributed by atoms with van der Waals surface area (Å²) in [6.07, 6.45) is 1.14. The summed E-state index contributed by atoms with van der Waals surface area (Å²) in [5, 5.41) is 0. The van der Waals surface area contributed by atoms with Gasteiger partial charge in [0.25, 0.3) is 0 Å². The second-order valence-electron chi connectivity index (χ2n) is 2.53. The Balaban J connectivity index is 2.53. The second kappa shape index (κ2) is 1.45. The fourth-order valence-electron chi connectivity index (χ4n) is 0.853. The van der Waals surface area contributed by atoms with E-state index in [9.17, 15) is 4.79 Å². The monoisotopic (exact) mass is 115 g/mol. The van der Waals surface area contributed by atoms with Crippen molar-refractivity contribution in [2.75, 3.05) is 20.1 Å². The number of nitrogens with zero attached hydrogens (tertiary/aromatic N) is 1. The van der Waals surface area contributed by atoms with E-state index in [4.69, 9.17) is 5.73 Å². The van der Waals surface area contributed by atoms with Gasteiger partial charge in [-0.2, -0.15) is 0 Å². The lowest BCUT2D eigenvalue weighted by molar-refractivity contribution is -0.869. The Morgan fingerprint density at radius 1 is 1.62 bits per heavy atom. The molecule has 0 aromatic rings. The first-order valence-electron chi connectivity index (χ1n) is 2.80. The molecular weight excluding hydrogens is 104 g/mol. The van der Waals surface area contributed by atoms with Gasteiger partial charge in [-0.15, -0.1) is 0 Å². The molecule has 3 heteroatoms. The number of hydrogen-bond donors (Lipinski definition) is 1. The zero-order valence-electron chi connectivity index (χ0n) is 5.05. The molecule has 1 saturated heterocycles. The molecule has 0 aromatic heterocycles. The Hall–Kier alpha value is -0.570. The van der Waals surface area contributed by atoms with Crippen LogP contribution in [-0.2, 0) is 0 Å². The van der Waals surface area contributed by atoms with Crippen molar-refractivity contribution in [1.29, 1.82) is 0 Å². The molecule has 0 aliphatic carbocycles. The van der Waals surface area contributed by atoms with Gasteiger partial charge in [-0.1, -0.05) is 0 Å². The van der Waals surface area contributed by atoms with Crippen LogP contribution < -0.4 is 5.73 Å². The second-order valence-corrected chi connectivity index (χ2v) is 2.53. The van der Waals surface area contributed by atoms with E-state index in [2.05, 4.69) is 0 Å². The number of carbonyl (C=O) groups is 1. The minimum atomic E-state index is -0.198. The van der Waals surface area contributed by atoms with Gasteiger partial charge in [0, 0.05) is 6.42 Å². The Labute approximate surface area is 48.7 Å². The van der Waals surface area contributed by atoms with Gasteiger partial charge < -0.3 is 5.73 Å². The average molecular weight is 115 g/mol. The number of likely N-dealkylation sites (tertiary alicyclic amines) is 1. The van der Waals surface area contributed by atoms with Crippen LogP contribution in [0.1, 0.15) is 6.42 Å². The highest BCUT2D eigenvalue weighted by atomic mass is 16.2. The molecule has 0 spiro atoms. The molecule has 1 rings (SSSR count). The molecule has 1 aliphatic heterocycles. The summed E-state index contributed by atoms with van der Waals surface area (Å²) in [5.41, 5.74) is 5.07. The molecule has 2 amide bonds. The average Bonchev–Trinajstić information content (AvgIpc) is 1.60. The van der Waals surface area contributed by atoms with Gasteiger partial charge in [0.1, 0.15) is 0 Å². The summed E-state index contributed by atoms with van der Waals surface area (Å²) in [4.78, 5) is 10.5. The van der Waals surface area contributed by atoms with Crippen LogP contribution in [-0.4, -0.2) is 30.7 Å². The van der Waals surface area contributed by atoms with E-state index in [-0.39, 0.29) is 6.03 Å². The smallest absolute Gasteiger partial charge is 0.319 e. The van der Waals surface area contributed by atoms with Crippen LogP contribution in [0, 0.1) is 0 Å². The van der Waals surface area contributed by atoms with Gasteiger partial charge >= 0.3 is 6.03 Å². The summed E-state index contributed by atoms with van der Waals surface area (Å²) < 4.78 is 0.444. The maximum absolute atomic E-state index is 10.5. The van der Waals surface area contributed by atoms with Crippen molar-refractivity contribution in [3.05, 3.63) is 0 Å². The van der Waals surface area contributed by atoms with E-state index >= 15 is 0 Å². The van der Waals surface area contributed by atoms with Crippen LogP contribution in [0.15, 0.2) is 0 Å². The standard InChI is InChI=1S/C5H10N2O/c1-7(5(6)8)3-2-4-7/h2-4H2,1H3,(H-,6,8)/p+1. The summed E-state index contributed by atoms with van der Waals surface area (Å²) in [5.74, 6) is 0. The molecule has 0 saturated carbocycles. The van der Waals surface area contributed by atoms with Crippen molar-refractivity contribution in [3.8, 4) is 0 Å². The number of primary amides is 1. The minimum absolute atomic E-state index is 0.198. The summed E-state index contributed by atoms with van der Waals surface area (Å²) >= 11 is 0. The predicted octanol–water partition coefficient (Wildman–Crippen LogP) is -0.0846. The third-order valence-electron chi connectivity index (χ3n) is 1.84. The van der Waals surface area contributed by atoms with E-state index in [1.807, 2.05) is 7.05 Å². The Morgan fingerprint density at radius 2 is 2.12 bits per heavy atom. The fourth-order valence-corrected chi connectivity index (χ4v) is 0.853. The van der Waals surface area contributed by atoms with Gasteiger partial charge in [-0.05, 0) is 0 Å². The molecule has 0 bridgehead atoms. The molecule has 1 heterocycles. The molecular formula is C5H11N2O+. The van der Waals surface area contributed by atoms with Crippen molar-refractivity contribution in [2.24, 2.45) is 5.73 Å². The number of hydrogen-bond acceptors (Lipinski definition) is 1. The fraction of sp³-hybridized carbons (Fsp3) is 0.800. The van der Waals surface area contributed by atoms with Crippen molar-refractivity contribution in [2.45, 2.75) is 6.42 Å². The SMILES string of the molecule is C[N+]1(C(N)=O)CCC1. The Kier molecular flexibility index (Phi) is 1.01. The largest absolute Gasteiger partial charge is 0.413 e. The first-order chi connectivity index (χ1) is 3.65. The van der Waals surface area contributed by atoms with Crippen LogP contribution in [0.5, 0.6) is 0 Å². The number of rotatable bonds is 0. The molecule has 1 fully saturated rings. The molecule has 46 valence electrons. The van der Waals surface area contributed by atoms with Crippen molar-refractivity contribution >= 4 is 6.03 Å². The van der Waals surface area contributed by atoms with Gasteiger partial charge in [-0.3, -0.25) is 0 Å². The number of quaternary nitrogens is 1. The topological polar surface area (TPSA) is 43.1 Å². The highest BCUT2D eigenvalue weighted by molar-refractivity contribution is 5.64. The lowest BCUT2D eigenvalue weighted by Crippen LogP contribution is -2.60. The van der Waals surface area contributed by atoms with Gasteiger partial charge in [0.05, 0.1) is 20.1 Å². The summed E-state index contributed by atoms with van der Waals surface area (Å²) in [6, 6.07) is -0.198. The summed E-state index contributed by atoms with van der Waals surface area (Å²) in [6.45, 7) is 1.85. The van der Waals surface area contributed by atoms with Crippen LogP contribution in [0.2, 0.25) is 0 Å². The van der Waals surface area contributed by atoms with E-state index in [1.54, 1.807) is 0 Å². The van der Waals surface area contributed by atoms with Crippen molar-refractivity contribution in [1.82, 2.24) is 0 Å². The lowest BCUT2D eigenvalue weighted by atomic mass is 10.2. The highest BCUT2D eigenvalue weighted by Crippen LogP contribution is 2.14. The van der Waals surface area contributed by atoms with E-state index in [1.165, 1.54) is 0 Å². The molecule has 2 N–H and O–H groups in total. The van der Waals surface area contributed by atoms with Gasteiger partial charge in [-0.25, -0.2) is 9.28 Å². The Bertz CT molecular complexity index is 118. The molecule has 8 heavy (non-hydrogen) atoms. The predicted molar refractivity (Wildman–Crippen MR) is 30.1 cm³/mol. The number of amides is 2. The quantitative estimate of drug-likeness (QED) is 0.441. The molecule has 0 atom stereocenters. The van der Waals surface area contributed by atoms with Gasteiger partial charge in [0.15, 0.2) is 0 Å². The first-order valence-corrected chi connectivity index (χ1v) is 2.80. The maximum Gasteiger partial charge on any atom is 0.413 e. The van der Waals surface area contributed by atoms with Crippen LogP contribution >= 0.6 is 0 Å². The van der Waals surface area contributed by atoms with Gasteiger partial charge in [0.2, 0.25) is 0 Å². The zero-order valence-corrected chi connectivity index (χ0v) is 5.05. The molecule has 0 unspecified atom stereocenters. The molecule has 0 aromatic carbocycles. The summed E-state index contributed by atoms with van der Waals surface area (Å²) in [7, 11) is 1.87. The normalized spacial score (nSPS) is 24.1. The minimum Gasteiger partial charge on any atom is -0.319 e. The van der Waals surface area contributed by atoms with Crippen molar-refractivity contribution in [3.63, 3.8) is 0 Å². The highest BCUT2D eigenvalue weighted by Gasteiger charge is 2.36. The molecule has 1 aliphatic rings. The maximum atomic E-state index is 10.5. The third-order valence-corrected chi connectivity index (χ3v) is 1.84. The Morgan fingerprint density at radius 3 is 2.12 bits per heavy atom.